The minimum absolute atomic E-state index is 0.00625. The van der Waals surface area contributed by atoms with Crippen LogP contribution in [0.1, 0.15) is 40.0 Å². The van der Waals surface area contributed by atoms with Gasteiger partial charge in [0.1, 0.15) is 0 Å². The van der Waals surface area contributed by atoms with Crippen LogP contribution in [0.25, 0.3) is 0 Å². The van der Waals surface area contributed by atoms with E-state index in [4.69, 9.17) is 6.42 Å². The molecular weight excluding hydrogens is 156 g/mol. The molecule has 0 unspecified atom stereocenters. The summed E-state index contributed by atoms with van der Waals surface area (Å²) in [6.07, 6.45) is 12.6. The third kappa shape index (κ3) is 5.31. The first-order chi connectivity index (χ1) is 6.04. The van der Waals surface area contributed by atoms with Crippen LogP contribution in [0.2, 0.25) is 0 Å². The summed E-state index contributed by atoms with van der Waals surface area (Å²) in [7, 11) is 0. The van der Waals surface area contributed by atoms with Crippen LogP contribution in [0, 0.1) is 17.8 Å². The van der Waals surface area contributed by atoms with Gasteiger partial charge >= 0.3 is 0 Å². The van der Waals surface area contributed by atoms with E-state index in [0.717, 1.165) is 19.3 Å². The highest BCUT2D eigenvalue weighted by Crippen LogP contribution is 2.27. The van der Waals surface area contributed by atoms with Gasteiger partial charge in [-0.1, -0.05) is 23.6 Å². The fraction of sp³-hybridized carbons (Fsp3) is 0.538. The number of terminal acetylenes is 1. The van der Waals surface area contributed by atoms with Gasteiger partial charge in [-0.2, -0.15) is 0 Å². The highest BCUT2D eigenvalue weighted by atomic mass is 14.2. The topological polar surface area (TPSA) is 0 Å². The number of hydrogen-bond donors (Lipinski definition) is 0. The molecule has 0 heterocycles. The van der Waals surface area contributed by atoms with Crippen LogP contribution in [-0.4, -0.2) is 0 Å². The summed E-state index contributed by atoms with van der Waals surface area (Å²) in [5.41, 5.74) is 1.35. The zero-order valence-electron chi connectivity index (χ0n) is 9.06. The van der Waals surface area contributed by atoms with Crippen LogP contribution < -0.4 is 0 Å². The van der Waals surface area contributed by atoms with E-state index in [9.17, 15) is 0 Å². The van der Waals surface area contributed by atoms with Crippen molar-refractivity contribution in [2.45, 2.75) is 40.0 Å². The van der Waals surface area contributed by atoms with Crippen molar-refractivity contribution in [2.24, 2.45) is 5.41 Å². The van der Waals surface area contributed by atoms with Gasteiger partial charge in [-0.15, -0.1) is 13.0 Å². The Labute approximate surface area is 82.7 Å². The summed E-state index contributed by atoms with van der Waals surface area (Å²) in [6, 6.07) is 0. The summed E-state index contributed by atoms with van der Waals surface area (Å²) >= 11 is 0. The van der Waals surface area contributed by atoms with E-state index in [1.807, 2.05) is 6.08 Å². The molecule has 13 heavy (non-hydrogen) atoms. The van der Waals surface area contributed by atoms with E-state index < -0.39 is 0 Å². The molecule has 0 aromatic rings. The molecule has 0 amide bonds. The lowest BCUT2D eigenvalue weighted by atomic mass is 9.83. The lowest BCUT2D eigenvalue weighted by Gasteiger charge is -2.20. The van der Waals surface area contributed by atoms with Crippen LogP contribution in [0.3, 0.4) is 0 Å². The van der Waals surface area contributed by atoms with Crippen molar-refractivity contribution in [1.82, 2.24) is 0 Å². The Hall–Kier alpha value is -0.960. The van der Waals surface area contributed by atoms with Gasteiger partial charge in [0, 0.05) is 5.41 Å². The first kappa shape index (κ1) is 12.0. The highest BCUT2D eigenvalue weighted by Gasteiger charge is 2.17. The predicted octanol–water partition coefficient (Wildman–Crippen LogP) is 3.95. The minimum Gasteiger partial charge on any atom is -0.120 e. The Morgan fingerprint density at radius 1 is 1.54 bits per heavy atom. The second kappa shape index (κ2) is 5.65. The van der Waals surface area contributed by atoms with E-state index in [1.165, 1.54) is 5.57 Å². The van der Waals surface area contributed by atoms with Crippen molar-refractivity contribution in [3.63, 3.8) is 0 Å². The second-order valence-corrected chi connectivity index (χ2v) is 4.02. The lowest BCUT2D eigenvalue weighted by molar-refractivity contribution is 0.421. The molecule has 0 aliphatic carbocycles. The van der Waals surface area contributed by atoms with Crippen LogP contribution in [0.4, 0.5) is 0 Å². The molecule has 0 aliphatic heterocycles. The Balaban J connectivity index is 4.07. The molecule has 0 rings (SSSR count). The minimum atomic E-state index is -0.00625. The molecule has 0 bridgehead atoms. The predicted molar refractivity (Wildman–Crippen MR) is 60.4 cm³/mol. The maximum atomic E-state index is 5.49. The van der Waals surface area contributed by atoms with Gasteiger partial charge < -0.3 is 0 Å². The quantitative estimate of drug-likeness (QED) is 0.439. The van der Waals surface area contributed by atoms with Crippen molar-refractivity contribution in [1.29, 1.82) is 0 Å². The van der Waals surface area contributed by atoms with Gasteiger partial charge in [0.15, 0.2) is 0 Å². The molecule has 0 aromatic carbocycles. The summed E-state index contributed by atoms with van der Waals surface area (Å²) in [4.78, 5) is 0. The van der Waals surface area contributed by atoms with Crippen LogP contribution >= 0.6 is 0 Å². The smallest absolute Gasteiger partial charge is 0.0321 e. The van der Waals surface area contributed by atoms with Gasteiger partial charge in [0.05, 0.1) is 0 Å². The van der Waals surface area contributed by atoms with Gasteiger partial charge in [-0.3, -0.25) is 0 Å². The Bertz CT molecular complexity index is 223. The van der Waals surface area contributed by atoms with E-state index >= 15 is 0 Å². The Morgan fingerprint density at radius 3 is 2.54 bits per heavy atom. The molecule has 0 nitrogen and oxygen atoms in total. The van der Waals surface area contributed by atoms with Crippen molar-refractivity contribution < 1.29 is 0 Å². The Kier molecular flexibility index (Phi) is 5.23. The second-order valence-electron chi connectivity index (χ2n) is 4.02. The van der Waals surface area contributed by atoms with Crippen LogP contribution in [0.15, 0.2) is 24.3 Å². The van der Waals surface area contributed by atoms with E-state index in [2.05, 4.69) is 39.3 Å². The SMILES string of the molecule is C#C[C@](C)(CC=C)CCC=C(C)C. The van der Waals surface area contributed by atoms with Gasteiger partial charge in [-0.05, 0) is 40.0 Å². The molecule has 0 saturated heterocycles. The molecule has 0 saturated carbocycles. The fourth-order valence-corrected chi connectivity index (χ4v) is 1.23. The van der Waals surface area contributed by atoms with E-state index in [-0.39, 0.29) is 5.41 Å². The first-order valence-electron chi connectivity index (χ1n) is 4.76. The molecule has 0 spiro atoms. The molecule has 0 aromatic heterocycles. The van der Waals surface area contributed by atoms with Crippen molar-refractivity contribution in [3.05, 3.63) is 24.3 Å². The van der Waals surface area contributed by atoms with Crippen LogP contribution in [0.5, 0.6) is 0 Å². The molecule has 0 aliphatic rings. The molecule has 1 atom stereocenters. The lowest BCUT2D eigenvalue weighted by Crippen LogP contribution is -2.11. The van der Waals surface area contributed by atoms with Crippen molar-refractivity contribution in [3.8, 4) is 12.3 Å². The molecule has 0 heteroatoms. The van der Waals surface area contributed by atoms with Crippen LogP contribution in [-0.2, 0) is 0 Å². The number of hydrogen-bond acceptors (Lipinski definition) is 0. The Morgan fingerprint density at radius 2 is 2.15 bits per heavy atom. The largest absolute Gasteiger partial charge is 0.120 e. The molecule has 0 fully saturated rings. The molecule has 0 N–H and O–H groups in total. The number of rotatable bonds is 5. The van der Waals surface area contributed by atoms with Gasteiger partial charge in [0.25, 0.3) is 0 Å². The standard InChI is InChI=1S/C13H20/c1-6-10-13(5,7-2)11-8-9-12(3)4/h2,6,9H,1,8,10-11H2,3-5H3/t13-/m1/s1. The third-order valence-corrected chi connectivity index (χ3v) is 2.19. The first-order valence-corrected chi connectivity index (χ1v) is 4.76. The van der Waals surface area contributed by atoms with E-state index in [0.29, 0.717) is 0 Å². The number of allylic oxidation sites excluding steroid dienone is 3. The zero-order chi connectivity index (χ0) is 10.3. The maximum absolute atomic E-state index is 5.49. The third-order valence-electron chi connectivity index (χ3n) is 2.19. The van der Waals surface area contributed by atoms with Gasteiger partial charge in [-0.25, -0.2) is 0 Å². The fourth-order valence-electron chi connectivity index (χ4n) is 1.23. The summed E-state index contributed by atoms with van der Waals surface area (Å²) in [6.45, 7) is 10.1. The zero-order valence-corrected chi connectivity index (χ0v) is 9.06. The summed E-state index contributed by atoms with van der Waals surface area (Å²) < 4.78 is 0. The van der Waals surface area contributed by atoms with E-state index in [1.54, 1.807) is 0 Å². The monoisotopic (exact) mass is 176 g/mol. The summed E-state index contributed by atoms with van der Waals surface area (Å²) in [5.74, 6) is 2.85. The maximum Gasteiger partial charge on any atom is 0.0321 e. The molecular formula is C13H20. The average molecular weight is 176 g/mol. The van der Waals surface area contributed by atoms with Crippen molar-refractivity contribution >= 4 is 0 Å². The summed E-state index contributed by atoms with van der Waals surface area (Å²) in [5, 5.41) is 0. The van der Waals surface area contributed by atoms with Crippen molar-refractivity contribution in [2.75, 3.05) is 0 Å². The highest BCUT2D eigenvalue weighted by molar-refractivity contribution is 5.07. The molecule has 0 radical (unpaired) electrons. The molecule has 72 valence electrons. The normalized spacial score (nSPS) is 14.0. The average Bonchev–Trinajstić information content (AvgIpc) is 2.04. The van der Waals surface area contributed by atoms with Gasteiger partial charge in [0.2, 0.25) is 0 Å².